The maximum atomic E-state index is 12.5. The summed E-state index contributed by atoms with van der Waals surface area (Å²) in [7, 11) is 4.34. The Hall–Kier alpha value is -3.12. The van der Waals surface area contributed by atoms with Crippen LogP contribution >= 0.6 is 0 Å². The maximum absolute atomic E-state index is 12.5. The minimum Gasteiger partial charge on any atom is -0.495 e. The van der Waals surface area contributed by atoms with E-state index >= 15 is 0 Å². The van der Waals surface area contributed by atoms with Gasteiger partial charge in [-0.1, -0.05) is 110 Å². The fourth-order valence-electron chi connectivity index (χ4n) is 13.8. The molecule has 0 heterocycles. The number of aldehydes is 1. The number of fused-ring (bicyclic) bond motifs is 7. The molecule has 6 heteroatoms. The molecule has 58 heavy (non-hydrogen) atoms. The molecule has 0 aromatic heterocycles. The van der Waals surface area contributed by atoms with Crippen molar-refractivity contribution in [1.82, 2.24) is 10.0 Å². The van der Waals surface area contributed by atoms with Gasteiger partial charge in [-0.25, -0.2) is 5.01 Å². The molecule has 0 spiro atoms. The first-order valence-electron chi connectivity index (χ1n) is 22.1. The lowest BCUT2D eigenvalue weighted by Crippen LogP contribution is -2.66. The number of nitrogens with zero attached hydrogens (tertiary/aromatic N) is 2. The lowest BCUT2D eigenvalue weighted by Gasteiger charge is -2.72. The smallest absolute Gasteiger partial charge is 0.309 e. The second-order valence-electron chi connectivity index (χ2n) is 21.1. The molecular weight excluding hydrogens is 717 g/mol. The van der Waals surface area contributed by atoms with Crippen molar-refractivity contribution in [2.45, 2.75) is 160 Å². The molecule has 8 atom stereocenters. The van der Waals surface area contributed by atoms with Gasteiger partial charge >= 0.3 is 5.97 Å². The van der Waals surface area contributed by atoms with Crippen LogP contribution in [0, 0.1) is 56.2 Å². The summed E-state index contributed by atoms with van der Waals surface area (Å²) < 4.78 is 6.66. The number of aliphatic carboxylic acids is 1. The van der Waals surface area contributed by atoms with E-state index in [4.69, 9.17) is 4.74 Å². The second-order valence-corrected chi connectivity index (χ2v) is 21.1. The number of rotatable bonds is 12. The number of allylic oxidation sites excluding steroid dienone is 5. The van der Waals surface area contributed by atoms with Crippen LogP contribution in [0.15, 0.2) is 78.2 Å². The van der Waals surface area contributed by atoms with Gasteiger partial charge in [-0.3, -0.25) is 9.59 Å². The minimum atomic E-state index is -0.899. The van der Waals surface area contributed by atoms with E-state index in [0.29, 0.717) is 35.9 Å². The standard InChI is InChI=1S/C48H72N2O4.C3H6.CH4/c1-32(2)35-20-26-48(39(23-29-51)50(12)49(11)31-34-16-14-13-15-17-34)28-27-46(9)36(41(35)48)18-19-38-45(8)24-22-40(54-33(3)30-43(4,5)42(52)53)44(6,7)37(45)21-25-47(38,46)10;1-3-2;/h13-17,23,29,32,36-38,40H,3,18-22,24-28,30-31H2,1-2,4-12H3,(H,52,53);3H,1H2,2H3;1H4/b39-23-;;. The van der Waals surface area contributed by atoms with Gasteiger partial charge < -0.3 is 14.9 Å². The van der Waals surface area contributed by atoms with Gasteiger partial charge in [0.25, 0.3) is 0 Å². The molecule has 0 radical (unpaired) electrons. The average molecular weight is 799 g/mol. The molecule has 1 aromatic carbocycles. The van der Waals surface area contributed by atoms with Gasteiger partial charge in [0.05, 0.1) is 11.2 Å². The van der Waals surface area contributed by atoms with Crippen LogP contribution in [0.5, 0.6) is 0 Å². The molecule has 4 saturated carbocycles. The molecule has 6 rings (SSSR count). The van der Waals surface area contributed by atoms with Crippen molar-refractivity contribution in [1.29, 1.82) is 0 Å². The minimum absolute atomic E-state index is 0. The van der Waals surface area contributed by atoms with Crippen LogP contribution in [-0.2, 0) is 20.9 Å². The molecular formula is C52H82N2O4. The number of carboxylic acid groups (broad SMARTS) is 1. The number of benzene rings is 1. The first-order chi connectivity index (χ1) is 26.6. The van der Waals surface area contributed by atoms with E-state index in [1.165, 1.54) is 43.4 Å². The highest BCUT2D eigenvalue weighted by molar-refractivity contribution is 5.73. The summed E-state index contributed by atoms with van der Waals surface area (Å²) in [4.78, 5) is 24.4. The Morgan fingerprint density at radius 3 is 2.17 bits per heavy atom. The molecule has 6 nitrogen and oxygen atoms in total. The lowest BCUT2D eigenvalue weighted by atomic mass is 9.33. The van der Waals surface area contributed by atoms with Crippen LogP contribution in [0.3, 0.4) is 0 Å². The van der Waals surface area contributed by atoms with Crippen molar-refractivity contribution >= 4 is 12.3 Å². The molecule has 0 amide bonds. The number of ether oxygens (including phenoxy) is 1. The topological polar surface area (TPSA) is 70.1 Å². The van der Waals surface area contributed by atoms with Crippen LogP contribution < -0.4 is 0 Å². The fraction of sp³-hybridized carbons (Fsp3) is 0.692. The largest absolute Gasteiger partial charge is 0.495 e. The summed E-state index contributed by atoms with van der Waals surface area (Å²) in [6, 6.07) is 10.6. The summed E-state index contributed by atoms with van der Waals surface area (Å²) in [5.41, 5.74) is 5.31. The second kappa shape index (κ2) is 17.5. The Balaban J connectivity index is 0.00000180. The van der Waals surface area contributed by atoms with Gasteiger partial charge in [0.2, 0.25) is 0 Å². The maximum Gasteiger partial charge on any atom is 0.309 e. The molecule has 5 aliphatic rings. The Morgan fingerprint density at radius 1 is 0.948 bits per heavy atom. The van der Waals surface area contributed by atoms with E-state index < -0.39 is 11.4 Å². The van der Waals surface area contributed by atoms with E-state index in [9.17, 15) is 14.7 Å². The van der Waals surface area contributed by atoms with Crippen LogP contribution in [0.4, 0.5) is 0 Å². The van der Waals surface area contributed by atoms with Crippen molar-refractivity contribution in [3.8, 4) is 0 Å². The molecule has 5 aliphatic carbocycles. The highest BCUT2D eigenvalue weighted by Crippen LogP contribution is 2.77. The van der Waals surface area contributed by atoms with Gasteiger partial charge in [-0.15, -0.1) is 6.58 Å². The number of carbonyl (C=O) groups is 2. The van der Waals surface area contributed by atoms with Crippen LogP contribution in [0.1, 0.15) is 153 Å². The Kier molecular flexibility index (Phi) is 14.3. The van der Waals surface area contributed by atoms with Gasteiger partial charge in [-0.2, -0.15) is 0 Å². The zero-order valence-corrected chi connectivity index (χ0v) is 38.0. The molecule has 0 saturated heterocycles. The number of carboxylic acids is 1. The fourth-order valence-corrected chi connectivity index (χ4v) is 13.8. The normalized spacial score (nSPS) is 33.9. The first kappa shape index (κ1) is 47.6. The number of carbonyl (C=O) groups excluding carboxylic acids is 1. The van der Waals surface area contributed by atoms with Gasteiger partial charge in [0, 0.05) is 43.6 Å². The van der Waals surface area contributed by atoms with Gasteiger partial charge in [0.15, 0.2) is 0 Å². The lowest BCUT2D eigenvalue weighted by molar-refractivity contribution is -0.230. The molecule has 324 valence electrons. The summed E-state index contributed by atoms with van der Waals surface area (Å²) in [5, 5.41) is 14.4. The summed E-state index contributed by atoms with van der Waals surface area (Å²) in [6.45, 7) is 31.4. The SMILES string of the molecule is C.C=C(CC(C)(C)C(=O)O)OC1CCC2(C)C(CCC3(C)C2CCC2C4=C(C(C)C)CCC4(/C(=C/C=O)N(C)N(C)Cc4ccccc4)CCC23C)C1(C)C.C=CC. The third kappa shape index (κ3) is 7.94. The highest BCUT2D eigenvalue weighted by atomic mass is 16.5. The summed E-state index contributed by atoms with van der Waals surface area (Å²) in [6.07, 6.45) is 16.5. The van der Waals surface area contributed by atoms with Crippen molar-refractivity contribution in [3.05, 3.63) is 83.8 Å². The molecule has 4 fully saturated rings. The summed E-state index contributed by atoms with van der Waals surface area (Å²) in [5.74, 6) is 1.93. The van der Waals surface area contributed by atoms with E-state index in [2.05, 4.69) is 116 Å². The van der Waals surface area contributed by atoms with Crippen molar-refractivity contribution < 1.29 is 19.4 Å². The quantitative estimate of drug-likeness (QED) is 0.0747. The van der Waals surface area contributed by atoms with Crippen molar-refractivity contribution in [2.75, 3.05) is 14.1 Å². The molecule has 1 N–H and O–H groups in total. The van der Waals surface area contributed by atoms with Gasteiger partial charge in [0.1, 0.15) is 12.4 Å². The predicted octanol–water partition coefficient (Wildman–Crippen LogP) is 13.1. The number of hydrazine groups is 1. The highest BCUT2D eigenvalue weighted by Gasteiger charge is 2.70. The Labute approximate surface area is 354 Å². The zero-order chi connectivity index (χ0) is 42.4. The van der Waals surface area contributed by atoms with Crippen LogP contribution in [-0.4, -0.2) is 47.6 Å². The van der Waals surface area contributed by atoms with Crippen LogP contribution in [0.25, 0.3) is 0 Å². The average Bonchev–Trinajstić information content (AvgIpc) is 3.53. The Bertz CT molecular complexity index is 1720. The summed E-state index contributed by atoms with van der Waals surface area (Å²) >= 11 is 0. The Morgan fingerprint density at radius 2 is 1.59 bits per heavy atom. The number of hydrogen-bond acceptors (Lipinski definition) is 5. The zero-order valence-electron chi connectivity index (χ0n) is 38.0. The van der Waals surface area contributed by atoms with Crippen molar-refractivity contribution in [2.24, 2.45) is 56.2 Å². The van der Waals surface area contributed by atoms with E-state index in [1.807, 2.05) is 13.0 Å². The molecule has 8 unspecified atom stereocenters. The monoisotopic (exact) mass is 799 g/mol. The third-order valence-corrected chi connectivity index (χ3v) is 17.0. The van der Waals surface area contributed by atoms with E-state index in [-0.39, 0.29) is 40.6 Å². The molecule has 0 aliphatic heterocycles. The van der Waals surface area contributed by atoms with E-state index in [1.54, 1.807) is 31.1 Å². The van der Waals surface area contributed by atoms with Crippen molar-refractivity contribution in [3.63, 3.8) is 0 Å². The predicted molar refractivity (Wildman–Crippen MR) is 242 cm³/mol. The van der Waals surface area contributed by atoms with Gasteiger partial charge in [-0.05, 0) is 137 Å². The van der Waals surface area contributed by atoms with E-state index in [0.717, 1.165) is 44.9 Å². The first-order valence-corrected chi connectivity index (χ1v) is 22.1. The number of hydrogen-bond donors (Lipinski definition) is 1. The molecule has 0 bridgehead atoms. The molecule has 1 aromatic rings. The van der Waals surface area contributed by atoms with Crippen LogP contribution in [0.2, 0.25) is 0 Å². The third-order valence-electron chi connectivity index (χ3n) is 17.0.